The van der Waals surface area contributed by atoms with Crippen molar-refractivity contribution in [3.8, 4) is 0 Å². The number of nitrogens with zero attached hydrogens (tertiary/aromatic N) is 1. The van der Waals surface area contributed by atoms with E-state index in [2.05, 4.69) is 5.32 Å². The molecule has 4 unspecified atom stereocenters. The maximum atomic E-state index is 12.5. The molecule has 132 valence electrons. The lowest BCUT2D eigenvalue weighted by Crippen LogP contribution is -2.37. The molecule has 0 aromatic heterocycles. The third-order valence-electron chi connectivity index (χ3n) is 5.22. The van der Waals surface area contributed by atoms with Gasteiger partial charge in [0.2, 0.25) is 11.8 Å². The zero-order valence-corrected chi connectivity index (χ0v) is 13.9. The largest absolute Gasteiger partial charge is 0.447 e. The first-order valence-corrected chi connectivity index (χ1v) is 8.56. The highest BCUT2D eigenvalue weighted by atomic mass is 16.5. The highest BCUT2D eigenvalue weighted by Crippen LogP contribution is 2.48. The number of hydrogen-bond donors (Lipinski definition) is 1. The number of likely N-dealkylation sites (tertiary alicyclic amines) is 1. The number of rotatable bonds is 4. The van der Waals surface area contributed by atoms with Crippen molar-refractivity contribution in [2.75, 3.05) is 18.5 Å². The summed E-state index contributed by atoms with van der Waals surface area (Å²) in [6.45, 7) is 2.02. The number of benzene rings is 1. The topological polar surface area (TPSA) is 84.9 Å². The molecule has 2 bridgehead atoms. The second-order valence-corrected chi connectivity index (χ2v) is 6.80. The number of carbonyl (C=O) groups excluding carboxylic acids is 3. The van der Waals surface area contributed by atoms with Gasteiger partial charge in [-0.25, -0.2) is 4.79 Å². The van der Waals surface area contributed by atoms with Crippen molar-refractivity contribution in [2.24, 2.45) is 11.8 Å². The van der Waals surface area contributed by atoms with E-state index >= 15 is 0 Å². The van der Waals surface area contributed by atoms with Crippen molar-refractivity contribution in [1.82, 2.24) is 4.90 Å². The van der Waals surface area contributed by atoms with E-state index in [1.165, 1.54) is 4.90 Å². The Morgan fingerprint density at radius 2 is 1.76 bits per heavy atom. The van der Waals surface area contributed by atoms with E-state index in [-0.39, 0.29) is 49.0 Å². The van der Waals surface area contributed by atoms with Crippen LogP contribution in [-0.2, 0) is 19.1 Å². The Kier molecular flexibility index (Phi) is 3.95. The lowest BCUT2D eigenvalue weighted by molar-refractivity contribution is -0.143. The molecule has 1 aromatic rings. The number of aryl methyl sites for hydroxylation is 1. The van der Waals surface area contributed by atoms with Crippen LogP contribution in [0.2, 0.25) is 0 Å². The van der Waals surface area contributed by atoms with E-state index in [4.69, 9.17) is 9.47 Å². The molecule has 3 heterocycles. The highest BCUT2D eigenvalue weighted by Gasteiger charge is 2.62. The van der Waals surface area contributed by atoms with Gasteiger partial charge in [-0.05, 0) is 31.9 Å². The van der Waals surface area contributed by atoms with Crippen LogP contribution in [0, 0.1) is 18.8 Å². The summed E-state index contributed by atoms with van der Waals surface area (Å²) in [6, 6.07) is 7.32. The average Bonchev–Trinajstić information content (AvgIpc) is 3.26. The SMILES string of the molecule is Cc1ccc(NC(=O)OCCN2C(=O)C3C4CCC(O4)C3C2=O)cc1. The molecule has 3 aliphatic heterocycles. The van der Waals surface area contributed by atoms with Crippen LogP contribution < -0.4 is 5.32 Å². The summed E-state index contributed by atoms with van der Waals surface area (Å²) in [5.41, 5.74) is 1.72. The molecule has 4 rings (SSSR count). The van der Waals surface area contributed by atoms with Crippen LogP contribution in [0.15, 0.2) is 24.3 Å². The molecule has 0 aliphatic carbocycles. The molecule has 7 nitrogen and oxygen atoms in total. The summed E-state index contributed by atoms with van der Waals surface area (Å²) in [7, 11) is 0. The maximum absolute atomic E-state index is 12.5. The Bertz CT molecular complexity index is 689. The molecular weight excluding hydrogens is 324 g/mol. The maximum Gasteiger partial charge on any atom is 0.411 e. The number of imide groups is 1. The van der Waals surface area contributed by atoms with Crippen molar-refractivity contribution < 1.29 is 23.9 Å². The predicted octanol–water partition coefficient (Wildman–Crippen LogP) is 1.71. The van der Waals surface area contributed by atoms with Crippen LogP contribution in [-0.4, -0.2) is 48.2 Å². The highest BCUT2D eigenvalue weighted by molar-refractivity contribution is 6.06. The van der Waals surface area contributed by atoms with Crippen LogP contribution in [0.4, 0.5) is 10.5 Å². The minimum absolute atomic E-state index is 0.0230. The van der Waals surface area contributed by atoms with Gasteiger partial charge >= 0.3 is 6.09 Å². The fraction of sp³-hybridized carbons (Fsp3) is 0.500. The summed E-state index contributed by atoms with van der Waals surface area (Å²) in [5, 5.41) is 2.61. The standard InChI is InChI=1S/C18H20N2O5/c1-10-2-4-11(5-3-10)19-18(23)24-9-8-20-16(21)14-12-6-7-13(25-12)15(14)17(20)22/h2-5,12-15H,6-9H2,1H3,(H,19,23). The smallest absolute Gasteiger partial charge is 0.411 e. The number of hydrogen-bond acceptors (Lipinski definition) is 5. The van der Waals surface area contributed by atoms with Crippen LogP contribution in [0.5, 0.6) is 0 Å². The minimum Gasteiger partial charge on any atom is -0.447 e. The third kappa shape index (κ3) is 2.78. The van der Waals surface area contributed by atoms with Gasteiger partial charge in [-0.2, -0.15) is 0 Å². The van der Waals surface area contributed by atoms with Crippen molar-refractivity contribution in [1.29, 1.82) is 0 Å². The Morgan fingerprint density at radius 3 is 2.36 bits per heavy atom. The van der Waals surface area contributed by atoms with Gasteiger partial charge < -0.3 is 9.47 Å². The second-order valence-electron chi connectivity index (χ2n) is 6.80. The molecule has 3 saturated heterocycles. The molecule has 0 radical (unpaired) electrons. The first kappa shape index (κ1) is 16.1. The van der Waals surface area contributed by atoms with E-state index in [1.807, 2.05) is 19.1 Å². The van der Waals surface area contributed by atoms with Gasteiger partial charge in [-0.3, -0.25) is 19.8 Å². The first-order valence-electron chi connectivity index (χ1n) is 8.56. The monoisotopic (exact) mass is 344 g/mol. The molecule has 0 spiro atoms. The molecule has 1 N–H and O–H groups in total. The molecule has 1 aromatic carbocycles. The minimum atomic E-state index is -0.605. The zero-order chi connectivity index (χ0) is 17.6. The van der Waals surface area contributed by atoms with Gasteiger partial charge in [0, 0.05) is 5.69 Å². The molecule has 0 saturated carbocycles. The number of anilines is 1. The average molecular weight is 344 g/mol. The fourth-order valence-corrected chi connectivity index (χ4v) is 4.01. The molecule has 3 amide bonds. The number of carbonyl (C=O) groups is 3. The van der Waals surface area contributed by atoms with Gasteiger partial charge in [-0.15, -0.1) is 0 Å². The fourth-order valence-electron chi connectivity index (χ4n) is 4.01. The van der Waals surface area contributed by atoms with Gasteiger partial charge in [-0.1, -0.05) is 17.7 Å². The summed E-state index contributed by atoms with van der Waals surface area (Å²) < 4.78 is 10.8. The van der Waals surface area contributed by atoms with Crippen LogP contribution in [0.1, 0.15) is 18.4 Å². The van der Waals surface area contributed by atoms with Crippen LogP contribution in [0.3, 0.4) is 0 Å². The van der Waals surface area contributed by atoms with E-state index < -0.39 is 6.09 Å². The number of ether oxygens (including phenoxy) is 2. The second kappa shape index (κ2) is 6.15. The zero-order valence-electron chi connectivity index (χ0n) is 13.9. The van der Waals surface area contributed by atoms with Crippen molar-refractivity contribution >= 4 is 23.6 Å². The van der Waals surface area contributed by atoms with E-state index in [0.717, 1.165) is 18.4 Å². The lowest BCUT2D eigenvalue weighted by Gasteiger charge is -2.17. The van der Waals surface area contributed by atoms with Crippen molar-refractivity contribution in [3.63, 3.8) is 0 Å². The Morgan fingerprint density at radius 1 is 1.16 bits per heavy atom. The Balaban J connectivity index is 1.29. The first-order chi connectivity index (χ1) is 12.0. The van der Waals surface area contributed by atoms with Gasteiger partial charge in [0.1, 0.15) is 6.61 Å². The Hall–Kier alpha value is -2.41. The van der Waals surface area contributed by atoms with Gasteiger partial charge in [0.05, 0.1) is 30.6 Å². The summed E-state index contributed by atoms with van der Waals surface area (Å²) >= 11 is 0. The van der Waals surface area contributed by atoms with E-state index in [0.29, 0.717) is 5.69 Å². The molecule has 25 heavy (non-hydrogen) atoms. The van der Waals surface area contributed by atoms with Gasteiger partial charge in [0.15, 0.2) is 0 Å². The predicted molar refractivity (Wildman–Crippen MR) is 87.7 cm³/mol. The number of nitrogens with one attached hydrogen (secondary N) is 1. The summed E-state index contributed by atoms with van der Waals surface area (Å²) in [4.78, 5) is 37.9. The molecule has 7 heteroatoms. The molecular formula is C18H20N2O5. The van der Waals surface area contributed by atoms with E-state index in [1.54, 1.807) is 12.1 Å². The molecule has 4 atom stereocenters. The van der Waals surface area contributed by atoms with E-state index in [9.17, 15) is 14.4 Å². The van der Waals surface area contributed by atoms with Crippen LogP contribution in [0.25, 0.3) is 0 Å². The normalized spacial score (nSPS) is 29.9. The quantitative estimate of drug-likeness (QED) is 0.841. The van der Waals surface area contributed by atoms with Crippen LogP contribution >= 0.6 is 0 Å². The van der Waals surface area contributed by atoms with Gasteiger partial charge in [0.25, 0.3) is 0 Å². The van der Waals surface area contributed by atoms with Crippen molar-refractivity contribution in [3.05, 3.63) is 29.8 Å². The summed E-state index contributed by atoms with van der Waals surface area (Å²) in [6.07, 6.45) is 0.832. The lowest BCUT2D eigenvalue weighted by atomic mass is 9.81. The third-order valence-corrected chi connectivity index (χ3v) is 5.22. The van der Waals surface area contributed by atoms with Crippen molar-refractivity contribution in [2.45, 2.75) is 32.0 Å². The molecule has 3 aliphatic rings. The molecule has 3 fully saturated rings. The summed E-state index contributed by atoms with van der Waals surface area (Å²) in [5.74, 6) is -1.06. The number of fused-ring (bicyclic) bond motifs is 5. The number of amides is 3. The Labute approximate surface area is 145 Å².